The van der Waals surface area contributed by atoms with E-state index in [-0.39, 0.29) is 12.1 Å². The Kier molecular flexibility index (Phi) is 27.1. The minimum absolute atomic E-state index is 0.0275. The number of nitrogens with two attached hydrogens (primary N) is 1. The van der Waals surface area contributed by atoms with Crippen molar-refractivity contribution in [1.82, 2.24) is 184 Å². The molecular weight excluding hydrogens is 1980 g/mol. The number of pyridine rings is 5. The number of hydrogen-bond acceptors (Lipinski definition) is 35. The first kappa shape index (κ1) is 95.4. The first-order valence-corrected chi connectivity index (χ1v) is 53.9. The molecule has 2 saturated carbocycles. The standard InChI is InChI=1S/C25H28N8S.C22H22N8S.C20H20N8S.C18H15N7S2.C17H13N7S2/c1-32-15-20(14-28-32)19-12-18-9-17(7-8-22(18)27-13-19)11-23-29-30-25-33(23)31-24(34-25)21(26)10-16-5-3-2-4-6-16;1-29-13-18(11-25-29)17-8-16-6-15(4-5-19(16)24-10-17)7-20-26-27-22-30(20)28-21(31-22)12-23-9-14-2-3-14;1-12(21-2)19-26-28-18(24-25-20(28)29-19)7-13-4-5-17-14(6-13)8-15(9-22-17)16-10-23-27(3)11-16;1-3-16-23-25-17(21-22-18(25)27-16)26-14-4-5-15-11(7-14)6-12(8-19-15)13-9-20-24(2)10-13;1-10-22-24-16(25-10)20-21-17(24)26-14-3-4-15-11(6-14)5-12(7-18-15)13-8-19-23(2)9-13/h7-9,12-16,21H,2-6,10-11,26H2,1H3;4-6,8,10-11,13-14,23H,2-3,7,9,12H2,1H3;4-6,8-12,21H,7H2,1-3H3;4-10H,3H2,1-2H3;3-9H,1-2H3/t21-;;12-;;/m1.1../s1. The van der Waals surface area contributed by atoms with E-state index >= 15 is 0 Å². The van der Waals surface area contributed by atoms with Gasteiger partial charge in [-0.1, -0.05) is 114 Å². The quantitative estimate of drug-likeness (QED) is 0.0478. The highest BCUT2D eigenvalue weighted by Gasteiger charge is 2.26. The number of nitrogens with zero attached hydrogens (tertiary/aromatic N) is 35. The molecule has 2 atom stereocenters. The molecule has 20 aromatic heterocycles. The molecule has 0 unspecified atom stereocenters. The lowest BCUT2D eigenvalue weighted by atomic mass is 9.85. The molecule has 4 N–H and O–H groups in total. The van der Waals surface area contributed by atoms with Crippen molar-refractivity contribution in [2.24, 2.45) is 52.8 Å². The summed E-state index contributed by atoms with van der Waals surface area (Å²) in [6, 6.07) is 42.3. The summed E-state index contributed by atoms with van der Waals surface area (Å²) in [5.74, 6) is 4.11. The summed E-state index contributed by atoms with van der Waals surface area (Å²) in [5.41, 5.74) is 25.4. The Morgan fingerprint density at radius 2 is 0.728 bits per heavy atom. The van der Waals surface area contributed by atoms with Gasteiger partial charge in [0.15, 0.2) is 17.5 Å². The van der Waals surface area contributed by atoms with Crippen molar-refractivity contribution in [3.05, 3.63) is 273 Å². The molecule has 0 bridgehead atoms. The van der Waals surface area contributed by atoms with Gasteiger partial charge < -0.3 is 16.4 Å². The average molecular weight is 2080 g/mol. The monoisotopic (exact) mass is 2080 g/mol. The fourth-order valence-corrected chi connectivity index (χ4v) is 23.5. The van der Waals surface area contributed by atoms with E-state index in [0.29, 0.717) is 19.3 Å². The van der Waals surface area contributed by atoms with Gasteiger partial charge in [0.2, 0.25) is 35.1 Å². The SMILES string of the molecule is CCc1nn2c(Sc3ccc4ncc(-c5cnn(C)c5)cc4c3)nnc2s1.CN[C@H](C)c1nn2c(Cc3ccc4ncc(-c5cnn(C)c5)cc4c3)nnc2s1.Cc1nn2c(Sc3ccc4ncc(-c5cnn(C)c5)cc4c3)nnc2s1.Cn1cc(-c2cnc3ccc(Cc4nnc5sc(CNCC6CC6)nn45)cc3c2)cn1.Cn1cc(-c2cnc3ccc(Cc4nnc5sc([C@H](N)CC6CCCCC6)nn45)cc3c2)cn1. The lowest BCUT2D eigenvalue weighted by Gasteiger charge is -2.23. The van der Waals surface area contributed by atoms with Gasteiger partial charge in [-0.3, -0.25) is 48.3 Å². The van der Waals surface area contributed by atoms with Crippen LogP contribution in [0.5, 0.6) is 0 Å². The molecule has 738 valence electrons. The molecule has 25 aromatic rings. The van der Waals surface area contributed by atoms with Crippen molar-refractivity contribution in [3.8, 4) is 55.6 Å². The van der Waals surface area contributed by atoms with Gasteiger partial charge in [-0.2, -0.15) is 73.6 Å². The molecule has 27 rings (SSSR count). The molecule has 0 radical (unpaired) electrons. The fraction of sp³-hybridized carbons (Fsp3) is 0.265. The summed E-state index contributed by atoms with van der Waals surface area (Å²) in [5, 5.41) is 106. The molecule has 0 aliphatic heterocycles. The topological polar surface area (TPSA) is 419 Å². The van der Waals surface area contributed by atoms with Gasteiger partial charge in [-0.25, -0.2) is 0 Å². The largest absolute Gasteiger partial charge is 0.322 e. The highest BCUT2D eigenvalue weighted by Crippen LogP contribution is 2.39. The van der Waals surface area contributed by atoms with Crippen LogP contribution in [0, 0.1) is 18.8 Å². The van der Waals surface area contributed by atoms with Crippen LogP contribution in [0.25, 0.3) is 135 Å². The van der Waals surface area contributed by atoms with Gasteiger partial charge >= 0.3 is 0 Å². The van der Waals surface area contributed by atoms with Crippen LogP contribution in [-0.4, -0.2) is 186 Å². The van der Waals surface area contributed by atoms with Crippen LogP contribution in [0.3, 0.4) is 0 Å². The van der Waals surface area contributed by atoms with Crippen molar-refractivity contribution >= 4 is 160 Å². The van der Waals surface area contributed by atoms with Gasteiger partial charge in [0.05, 0.1) is 70.7 Å². The molecule has 5 aromatic carbocycles. The number of nitrogens with one attached hydrogen (secondary N) is 2. The second-order valence-corrected chi connectivity index (χ2v) is 44.0. The van der Waals surface area contributed by atoms with Crippen LogP contribution < -0.4 is 16.4 Å². The van der Waals surface area contributed by atoms with Crippen LogP contribution in [0.2, 0.25) is 0 Å². The Morgan fingerprint density at radius 3 is 1.14 bits per heavy atom. The molecule has 20 heterocycles. The van der Waals surface area contributed by atoms with Gasteiger partial charge in [-0.15, -0.1) is 51.0 Å². The molecule has 147 heavy (non-hydrogen) atoms. The van der Waals surface area contributed by atoms with E-state index in [2.05, 4.69) is 238 Å². The Bertz CT molecular complexity index is 9050. The number of aromatic nitrogens is 35. The highest BCUT2D eigenvalue weighted by molar-refractivity contribution is 7.99. The first-order valence-electron chi connectivity index (χ1n) is 48.2. The van der Waals surface area contributed by atoms with Crippen LogP contribution in [0.4, 0.5) is 0 Å². The van der Waals surface area contributed by atoms with Crippen molar-refractivity contribution < 1.29 is 0 Å². The van der Waals surface area contributed by atoms with Gasteiger partial charge in [0, 0.05) is 215 Å². The number of aryl methyl sites for hydroxylation is 7. The van der Waals surface area contributed by atoms with Crippen LogP contribution in [0.1, 0.15) is 136 Å². The van der Waals surface area contributed by atoms with E-state index < -0.39 is 0 Å². The highest BCUT2D eigenvalue weighted by atomic mass is 32.2. The number of fused-ring (bicyclic) bond motifs is 10. The Labute approximate surface area is 868 Å². The number of benzene rings is 5. The third-order valence-electron chi connectivity index (χ3n) is 25.7. The lowest BCUT2D eigenvalue weighted by Crippen LogP contribution is -2.17. The van der Waals surface area contributed by atoms with Gasteiger partial charge in [-0.05, 0) is 208 Å². The van der Waals surface area contributed by atoms with E-state index in [4.69, 9.17) is 15.9 Å². The summed E-state index contributed by atoms with van der Waals surface area (Å²) < 4.78 is 18.2. The maximum absolute atomic E-state index is 6.55. The predicted octanol–water partition coefficient (Wildman–Crippen LogP) is 18.4. The maximum Gasteiger partial charge on any atom is 0.235 e. The number of rotatable bonds is 25. The van der Waals surface area contributed by atoms with Gasteiger partial charge in [0.25, 0.3) is 0 Å². The zero-order chi connectivity index (χ0) is 99.9. The first-order chi connectivity index (χ1) is 71.8. The Morgan fingerprint density at radius 1 is 0.367 bits per heavy atom. The van der Waals surface area contributed by atoms with E-state index in [1.807, 2.05) is 184 Å². The second-order valence-electron chi connectivity index (χ2n) is 36.7. The van der Waals surface area contributed by atoms with Gasteiger partial charge in [0.1, 0.15) is 25.0 Å². The van der Waals surface area contributed by atoms with Crippen LogP contribution in [-0.2, 0) is 67.5 Å². The molecule has 2 aliphatic rings. The summed E-state index contributed by atoms with van der Waals surface area (Å²) in [6.45, 7) is 8.02. The molecule has 0 amide bonds. The lowest BCUT2D eigenvalue weighted by molar-refractivity contribution is 0.318. The summed E-state index contributed by atoms with van der Waals surface area (Å²) >= 11 is 10.9. The number of hydrogen-bond donors (Lipinski definition) is 3. The molecule has 2 aliphatic carbocycles. The van der Waals surface area contributed by atoms with Crippen LogP contribution >= 0.6 is 80.2 Å². The third kappa shape index (κ3) is 21.5. The molecule has 45 heteroatoms. The molecular formula is C102H98N38S7. The van der Waals surface area contributed by atoms with E-state index in [1.54, 1.807) is 96.8 Å². The summed E-state index contributed by atoms with van der Waals surface area (Å²) in [7, 11) is 11.5. The molecule has 2 fully saturated rings. The molecule has 38 nitrogen and oxygen atoms in total. The molecule has 0 saturated heterocycles. The Balaban J connectivity index is 0.000000101. The predicted molar refractivity (Wildman–Crippen MR) is 574 cm³/mol. The van der Waals surface area contributed by atoms with Crippen LogP contribution in [0.15, 0.2) is 234 Å². The smallest absolute Gasteiger partial charge is 0.235 e. The fourth-order valence-electron chi connectivity index (χ4n) is 17.7. The summed E-state index contributed by atoms with van der Waals surface area (Å²) in [4.78, 5) is 29.3. The van der Waals surface area contributed by atoms with E-state index in [0.717, 1.165) is 252 Å². The minimum Gasteiger partial charge on any atom is -0.322 e. The Hall–Kier alpha value is -15.1. The van der Waals surface area contributed by atoms with Crippen molar-refractivity contribution in [3.63, 3.8) is 0 Å². The van der Waals surface area contributed by atoms with Crippen molar-refractivity contribution in [2.75, 3.05) is 13.6 Å². The summed E-state index contributed by atoms with van der Waals surface area (Å²) in [6.07, 6.45) is 41.9. The molecule has 0 spiro atoms. The zero-order valence-electron chi connectivity index (χ0n) is 81.5. The average Bonchev–Trinajstić information content (AvgIpc) is 1.80. The van der Waals surface area contributed by atoms with Crippen molar-refractivity contribution in [1.29, 1.82) is 0 Å². The van der Waals surface area contributed by atoms with Crippen molar-refractivity contribution in [2.45, 2.75) is 137 Å². The maximum atomic E-state index is 6.55. The normalized spacial score (nSPS) is 13.4. The third-order valence-corrected chi connectivity index (χ3v) is 32.4. The second kappa shape index (κ2) is 41.8. The van der Waals surface area contributed by atoms with E-state index in [9.17, 15) is 0 Å². The minimum atomic E-state index is -0.0275. The van der Waals surface area contributed by atoms with E-state index in [1.165, 1.54) is 56.3 Å². The zero-order valence-corrected chi connectivity index (χ0v) is 87.2.